The highest BCUT2D eigenvalue weighted by Crippen LogP contribution is 2.33. The van der Waals surface area contributed by atoms with E-state index in [1.54, 1.807) is 24.3 Å². The van der Waals surface area contributed by atoms with Crippen molar-refractivity contribution in [1.82, 2.24) is 4.90 Å². The van der Waals surface area contributed by atoms with Gasteiger partial charge in [0.15, 0.2) is 0 Å². The summed E-state index contributed by atoms with van der Waals surface area (Å²) in [6, 6.07) is 16.3. The number of halogens is 3. The van der Waals surface area contributed by atoms with Crippen molar-refractivity contribution in [3.05, 3.63) is 106 Å². The fourth-order valence-corrected chi connectivity index (χ4v) is 3.55. The summed E-state index contributed by atoms with van der Waals surface area (Å²) < 4.78 is 27.6. The van der Waals surface area contributed by atoms with Crippen molar-refractivity contribution in [2.24, 2.45) is 0 Å². The number of hydrogen-bond acceptors (Lipinski definition) is 3. The third-order valence-corrected chi connectivity index (χ3v) is 5.28. The van der Waals surface area contributed by atoms with Gasteiger partial charge in [-0.3, -0.25) is 14.5 Å². The number of imide groups is 1. The van der Waals surface area contributed by atoms with E-state index in [2.05, 4.69) is 5.32 Å². The number of rotatable bonds is 5. The molecule has 3 aromatic rings. The van der Waals surface area contributed by atoms with Gasteiger partial charge in [-0.25, -0.2) is 8.78 Å². The van der Waals surface area contributed by atoms with E-state index in [0.717, 1.165) is 10.5 Å². The molecule has 4 rings (SSSR count). The minimum atomic E-state index is -0.605. The lowest BCUT2D eigenvalue weighted by Gasteiger charge is -2.16. The third-order valence-electron chi connectivity index (χ3n) is 5.05. The maximum Gasteiger partial charge on any atom is 0.278 e. The predicted molar refractivity (Wildman–Crippen MR) is 115 cm³/mol. The molecule has 0 radical (unpaired) electrons. The molecule has 0 spiro atoms. The number of hydrogen-bond donors (Lipinski definition) is 1. The lowest BCUT2D eigenvalue weighted by molar-refractivity contribution is -0.137. The number of amides is 2. The van der Waals surface area contributed by atoms with Crippen molar-refractivity contribution in [1.29, 1.82) is 0 Å². The van der Waals surface area contributed by atoms with Gasteiger partial charge in [0.05, 0.1) is 12.1 Å². The fourth-order valence-electron chi connectivity index (χ4n) is 3.38. The van der Waals surface area contributed by atoms with E-state index in [9.17, 15) is 18.4 Å². The standard InChI is InChI=1S/C24H17ClF2N2O2/c1-14-6-9-17(25)12-20(14)28-22-21(15-7-10-18(26)11-8-15)23(30)29(24(22)31)13-16-4-2-3-5-19(16)27/h2-12,28H,13H2,1H3. The van der Waals surface area contributed by atoms with Crippen molar-refractivity contribution < 1.29 is 18.4 Å². The molecule has 0 atom stereocenters. The average molecular weight is 439 g/mol. The van der Waals surface area contributed by atoms with Crippen LogP contribution in [-0.4, -0.2) is 16.7 Å². The lowest BCUT2D eigenvalue weighted by Crippen LogP contribution is -2.32. The molecule has 1 aliphatic rings. The van der Waals surface area contributed by atoms with Crippen LogP contribution in [0.3, 0.4) is 0 Å². The average Bonchev–Trinajstić information content (AvgIpc) is 2.97. The van der Waals surface area contributed by atoms with Crippen LogP contribution in [0.1, 0.15) is 16.7 Å². The summed E-state index contributed by atoms with van der Waals surface area (Å²) >= 11 is 6.09. The fraction of sp³-hybridized carbons (Fsp3) is 0.0833. The lowest BCUT2D eigenvalue weighted by atomic mass is 10.0. The summed E-state index contributed by atoms with van der Waals surface area (Å²) in [6.45, 7) is 1.60. The van der Waals surface area contributed by atoms with Crippen LogP contribution in [0.5, 0.6) is 0 Å². The molecule has 3 aromatic carbocycles. The van der Waals surface area contributed by atoms with Crippen molar-refractivity contribution in [2.75, 3.05) is 5.32 Å². The number of anilines is 1. The SMILES string of the molecule is Cc1ccc(Cl)cc1NC1=C(c2ccc(F)cc2)C(=O)N(Cc2ccccc2F)C1=O. The zero-order valence-corrected chi connectivity index (χ0v) is 17.2. The summed E-state index contributed by atoms with van der Waals surface area (Å²) in [6.07, 6.45) is 0. The second kappa shape index (κ2) is 8.32. The van der Waals surface area contributed by atoms with Crippen LogP contribution < -0.4 is 5.32 Å². The summed E-state index contributed by atoms with van der Waals surface area (Å²) in [5.41, 5.74) is 2.05. The van der Waals surface area contributed by atoms with E-state index in [-0.39, 0.29) is 23.4 Å². The Labute approximate surface area is 182 Å². The Bertz CT molecular complexity index is 1220. The maximum atomic E-state index is 14.2. The van der Waals surface area contributed by atoms with E-state index in [4.69, 9.17) is 11.6 Å². The molecule has 0 fully saturated rings. The first-order chi connectivity index (χ1) is 14.8. The Morgan fingerprint density at radius 1 is 0.935 bits per heavy atom. The monoisotopic (exact) mass is 438 g/mol. The van der Waals surface area contributed by atoms with Crippen LogP contribution in [0.15, 0.2) is 72.4 Å². The number of benzene rings is 3. The van der Waals surface area contributed by atoms with Crippen LogP contribution in [0, 0.1) is 18.6 Å². The minimum absolute atomic E-state index is 0.0262. The quantitative estimate of drug-likeness (QED) is 0.548. The molecule has 2 amide bonds. The summed E-state index contributed by atoms with van der Waals surface area (Å²) in [7, 11) is 0. The van der Waals surface area contributed by atoms with Gasteiger partial charge in [0, 0.05) is 16.3 Å². The van der Waals surface area contributed by atoms with E-state index in [0.29, 0.717) is 16.3 Å². The molecule has 0 saturated heterocycles. The van der Waals surface area contributed by atoms with Gasteiger partial charge in [0.2, 0.25) is 0 Å². The number of carbonyl (C=O) groups excluding carboxylic acids is 2. The van der Waals surface area contributed by atoms with Gasteiger partial charge in [0.1, 0.15) is 17.3 Å². The predicted octanol–water partition coefficient (Wildman–Crippen LogP) is 5.32. The van der Waals surface area contributed by atoms with Crippen LogP contribution in [0.2, 0.25) is 5.02 Å². The third kappa shape index (κ3) is 4.07. The van der Waals surface area contributed by atoms with Gasteiger partial charge in [-0.2, -0.15) is 0 Å². The molecule has 0 bridgehead atoms. The first-order valence-corrected chi connectivity index (χ1v) is 9.86. The van der Waals surface area contributed by atoms with Gasteiger partial charge in [-0.1, -0.05) is 48.0 Å². The first-order valence-electron chi connectivity index (χ1n) is 9.48. The molecule has 0 saturated carbocycles. The van der Waals surface area contributed by atoms with Gasteiger partial charge in [-0.05, 0) is 48.4 Å². The molecule has 1 N–H and O–H groups in total. The molecule has 0 unspecified atom stereocenters. The first kappa shape index (κ1) is 20.8. The molecule has 156 valence electrons. The smallest absolute Gasteiger partial charge is 0.278 e. The zero-order valence-electron chi connectivity index (χ0n) is 16.5. The van der Waals surface area contributed by atoms with Crippen LogP contribution in [0.4, 0.5) is 14.5 Å². The highest BCUT2D eigenvalue weighted by atomic mass is 35.5. The highest BCUT2D eigenvalue weighted by molar-refractivity contribution is 6.36. The number of nitrogens with one attached hydrogen (secondary N) is 1. The van der Waals surface area contributed by atoms with E-state index < -0.39 is 23.4 Å². The molecule has 4 nitrogen and oxygen atoms in total. The van der Waals surface area contributed by atoms with Crippen molar-refractivity contribution in [3.63, 3.8) is 0 Å². The Kier molecular flexibility index (Phi) is 5.57. The second-order valence-electron chi connectivity index (χ2n) is 7.13. The Balaban J connectivity index is 1.78. The molecular formula is C24H17ClF2N2O2. The molecule has 7 heteroatoms. The van der Waals surface area contributed by atoms with Gasteiger partial charge in [0.25, 0.3) is 11.8 Å². The molecule has 1 aliphatic heterocycles. The molecule has 31 heavy (non-hydrogen) atoms. The van der Waals surface area contributed by atoms with Crippen molar-refractivity contribution in [3.8, 4) is 0 Å². The van der Waals surface area contributed by atoms with Crippen LogP contribution in [0.25, 0.3) is 5.57 Å². The molecule has 1 heterocycles. The normalized spacial score (nSPS) is 13.9. The Morgan fingerprint density at radius 3 is 2.35 bits per heavy atom. The van der Waals surface area contributed by atoms with E-state index in [1.165, 1.54) is 42.5 Å². The van der Waals surface area contributed by atoms with Crippen molar-refractivity contribution >= 4 is 34.7 Å². The van der Waals surface area contributed by atoms with Gasteiger partial charge in [-0.15, -0.1) is 0 Å². The number of carbonyl (C=O) groups is 2. The van der Waals surface area contributed by atoms with Gasteiger partial charge < -0.3 is 5.32 Å². The summed E-state index contributed by atoms with van der Waals surface area (Å²) in [5.74, 6) is -2.18. The topological polar surface area (TPSA) is 49.4 Å². The Hall–Kier alpha value is -3.51. The second-order valence-corrected chi connectivity index (χ2v) is 7.57. The summed E-state index contributed by atoms with van der Waals surface area (Å²) in [4.78, 5) is 27.4. The minimum Gasteiger partial charge on any atom is -0.350 e. The number of aryl methyl sites for hydroxylation is 1. The zero-order chi connectivity index (χ0) is 22.1. The summed E-state index contributed by atoms with van der Waals surface area (Å²) in [5, 5.41) is 3.47. The van der Waals surface area contributed by atoms with E-state index >= 15 is 0 Å². The van der Waals surface area contributed by atoms with Gasteiger partial charge >= 0.3 is 0 Å². The molecular weight excluding hydrogens is 422 g/mol. The largest absolute Gasteiger partial charge is 0.350 e. The van der Waals surface area contributed by atoms with Crippen molar-refractivity contribution in [2.45, 2.75) is 13.5 Å². The number of nitrogens with zero attached hydrogens (tertiary/aromatic N) is 1. The van der Waals surface area contributed by atoms with Crippen LogP contribution in [-0.2, 0) is 16.1 Å². The molecule has 0 aliphatic carbocycles. The highest BCUT2D eigenvalue weighted by Gasteiger charge is 2.39. The molecule has 0 aromatic heterocycles. The Morgan fingerprint density at radius 2 is 1.65 bits per heavy atom. The maximum absolute atomic E-state index is 14.2. The van der Waals surface area contributed by atoms with E-state index in [1.807, 2.05) is 6.92 Å². The van der Waals surface area contributed by atoms with Crippen LogP contribution >= 0.6 is 11.6 Å².